The number of hydrogen-bond donors (Lipinski definition) is 1. The van der Waals surface area contributed by atoms with E-state index in [-0.39, 0.29) is 17.2 Å². The second-order valence-electron chi connectivity index (χ2n) is 5.14. The molecule has 0 radical (unpaired) electrons. The monoisotopic (exact) mass is 479 g/mol. The van der Waals surface area contributed by atoms with Crippen molar-refractivity contribution in [2.75, 3.05) is 24.6 Å². The summed E-state index contributed by atoms with van der Waals surface area (Å²) in [5.74, 6) is -0.231. The second-order valence-corrected chi connectivity index (χ2v) is 6.73. The first-order valence-corrected chi connectivity index (χ1v) is 11.0. The van der Waals surface area contributed by atoms with E-state index < -0.39 is 0 Å². The molecule has 0 unspecified atom stereocenters. The van der Waals surface area contributed by atoms with Crippen molar-refractivity contribution in [3.8, 4) is 0 Å². The molecule has 0 bridgehead atoms. The molecule has 0 saturated carbocycles. The standard InChI is InChI=1S/C17H17ClFNOS.CH3I/c18-14-6-1-2-7-16(14)22-17(15-11-20-8-9-21-15)12-4-3-5-13(19)10-12;1-2/h1-7,10,15,17,20H,8-9,11H2;1H3/t15-,17-;/m1./s1. The van der Waals surface area contributed by atoms with E-state index in [2.05, 4.69) is 27.9 Å². The maximum Gasteiger partial charge on any atom is 0.123 e. The van der Waals surface area contributed by atoms with E-state index in [1.54, 1.807) is 23.9 Å². The third kappa shape index (κ3) is 5.59. The molecule has 2 atom stereocenters. The lowest BCUT2D eigenvalue weighted by Crippen LogP contribution is -2.41. The summed E-state index contributed by atoms with van der Waals surface area (Å²) in [6.45, 7) is 2.27. The molecule has 1 aliphatic heterocycles. The molecule has 6 heteroatoms. The first-order chi connectivity index (χ1) is 11.7. The summed E-state index contributed by atoms with van der Waals surface area (Å²) in [6, 6.07) is 14.4. The summed E-state index contributed by atoms with van der Waals surface area (Å²) >= 11 is 10.0. The minimum absolute atomic E-state index is 0.0107. The van der Waals surface area contributed by atoms with Gasteiger partial charge < -0.3 is 10.1 Å². The Balaban J connectivity index is 0.00000100. The fourth-order valence-electron chi connectivity index (χ4n) is 2.50. The highest BCUT2D eigenvalue weighted by molar-refractivity contribution is 14.1. The van der Waals surface area contributed by atoms with E-state index in [1.165, 1.54) is 6.07 Å². The lowest BCUT2D eigenvalue weighted by atomic mass is 10.1. The van der Waals surface area contributed by atoms with Gasteiger partial charge in [-0.25, -0.2) is 4.39 Å². The zero-order valence-electron chi connectivity index (χ0n) is 13.3. The van der Waals surface area contributed by atoms with Gasteiger partial charge in [0.25, 0.3) is 0 Å². The van der Waals surface area contributed by atoms with Crippen molar-refractivity contribution in [1.82, 2.24) is 5.32 Å². The van der Waals surface area contributed by atoms with Crippen LogP contribution < -0.4 is 5.32 Å². The molecular weight excluding hydrogens is 460 g/mol. The van der Waals surface area contributed by atoms with Gasteiger partial charge in [0.1, 0.15) is 5.82 Å². The van der Waals surface area contributed by atoms with Crippen molar-refractivity contribution in [1.29, 1.82) is 0 Å². The van der Waals surface area contributed by atoms with Crippen molar-refractivity contribution >= 4 is 46.0 Å². The predicted molar refractivity (Wildman–Crippen MR) is 109 cm³/mol. The highest BCUT2D eigenvalue weighted by Gasteiger charge is 2.27. The van der Waals surface area contributed by atoms with Gasteiger partial charge >= 0.3 is 0 Å². The topological polar surface area (TPSA) is 21.3 Å². The Morgan fingerprint density at radius 3 is 2.71 bits per heavy atom. The molecule has 0 aliphatic carbocycles. The van der Waals surface area contributed by atoms with Gasteiger partial charge in [-0.3, -0.25) is 0 Å². The number of hydrogen-bond acceptors (Lipinski definition) is 3. The van der Waals surface area contributed by atoms with Gasteiger partial charge in [0.05, 0.1) is 23.0 Å². The molecule has 0 aromatic heterocycles. The molecule has 130 valence electrons. The van der Waals surface area contributed by atoms with Crippen molar-refractivity contribution in [2.45, 2.75) is 16.2 Å². The van der Waals surface area contributed by atoms with Gasteiger partial charge in [-0.1, -0.05) is 58.5 Å². The van der Waals surface area contributed by atoms with Crippen LogP contribution in [0, 0.1) is 5.82 Å². The molecule has 2 aromatic rings. The van der Waals surface area contributed by atoms with E-state index in [9.17, 15) is 4.39 Å². The van der Waals surface area contributed by atoms with Gasteiger partial charge in [0.2, 0.25) is 0 Å². The summed E-state index contributed by atoms with van der Waals surface area (Å²) in [5.41, 5.74) is 0.915. The predicted octanol–water partition coefficient (Wildman–Crippen LogP) is 5.35. The van der Waals surface area contributed by atoms with Gasteiger partial charge in [-0.05, 0) is 34.8 Å². The molecule has 1 fully saturated rings. The van der Waals surface area contributed by atoms with E-state index in [0.717, 1.165) is 23.5 Å². The molecule has 1 saturated heterocycles. The number of thioether (sulfide) groups is 1. The summed E-state index contributed by atoms with van der Waals surface area (Å²) < 4.78 is 19.5. The quantitative estimate of drug-likeness (QED) is 0.363. The summed E-state index contributed by atoms with van der Waals surface area (Å²) in [7, 11) is 0. The van der Waals surface area contributed by atoms with Crippen molar-refractivity contribution in [3.63, 3.8) is 0 Å². The highest BCUT2D eigenvalue weighted by atomic mass is 127. The number of halogens is 3. The fourth-order valence-corrected chi connectivity index (χ4v) is 3.99. The maximum atomic E-state index is 13.6. The zero-order valence-corrected chi connectivity index (χ0v) is 17.1. The zero-order chi connectivity index (χ0) is 17.4. The lowest BCUT2D eigenvalue weighted by molar-refractivity contribution is 0.0273. The van der Waals surface area contributed by atoms with Gasteiger partial charge in [0.15, 0.2) is 0 Å². The maximum absolute atomic E-state index is 13.6. The van der Waals surface area contributed by atoms with Crippen molar-refractivity contribution in [2.24, 2.45) is 0 Å². The second kappa shape index (κ2) is 10.6. The minimum atomic E-state index is -0.231. The molecule has 24 heavy (non-hydrogen) atoms. The minimum Gasteiger partial charge on any atom is -0.374 e. The molecule has 3 rings (SSSR count). The van der Waals surface area contributed by atoms with Crippen LogP contribution in [0.5, 0.6) is 0 Å². The van der Waals surface area contributed by atoms with Crippen LogP contribution in [0.2, 0.25) is 5.02 Å². The smallest absolute Gasteiger partial charge is 0.123 e. The fraction of sp³-hybridized carbons (Fsp3) is 0.333. The van der Waals surface area contributed by atoms with Crippen molar-refractivity contribution < 1.29 is 9.13 Å². The molecule has 1 heterocycles. The average molecular weight is 480 g/mol. The molecule has 0 spiro atoms. The van der Waals surface area contributed by atoms with Gasteiger partial charge in [0, 0.05) is 18.0 Å². The van der Waals surface area contributed by atoms with E-state index in [1.807, 2.05) is 35.3 Å². The molecule has 2 nitrogen and oxygen atoms in total. The number of benzene rings is 2. The lowest BCUT2D eigenvalue weighted by Gasteiger charge is -2.31. The Morgan fingerprint density at radius 1 is 1.25 bits per heavy atom. The molecule has 1 aliphatic rings. The van der Waals surface area contributed by atoms with Crippen LogP contribution in [0.15, 0.2) is 53.4 Å². The highest BCUT2D eigenvalue weighted by Crippen LogP contribution is 2.42. The Hall–Kier alpha value is -0.340. The summed E-state index contributed by atoms with van der Waals surface area (Å²) in [4.78, 5) is 2.95. The molecule has 2 aromatic carbocycles. The largest absolute Gasteiger partial charge is 0.374 e. The number of morpholine rings is 1. The summed E-state index contributed by atoms with van der Waals surface area (Å²) in [6.07, 6.45) is -0.0168. The Labute approximate surface area is 165 Å². The van der Waals surface area contributed by atoms with Crippen LogP contribution in [0.1, 0.15) is 10.8 Å². The van der Waals surface area contributed by atoms with Gasteiger partial charge in [-0.2, -0.15) is 0 Å². The number of ether oxygens (including phenoxy) is 1. The van der Waals surface area contributed by atoms with Crippen LogP contribution in [0.4, 0.5) is 4.39 Å². The third-order valence-corrected chi connectivity index (χ3v) is 5.44. The first kappa shape index (κ1) is 20.0. The molecule has 1 N–H and O–H groups in total. The van der Waals surface area contributed by atoms with Crippen LogP contribution in [-0.2, 0) is 4.74 Å². The Bertz CT molecular complexity index is 640. The van der Waals surface area contributed by atoms with Crippen LogP contribution in [-0.4, -0.2) is 30.7 Å². The van der Waals surface area contributed by atoms with E-state index in [0.29, 0.717) is 11.6 Å². The van der Waals surface area contributed by atoms with Crippen molar-refractivity contribution in [3.05, 3.63) is 64.9 Å². The number of nitrogens with one attached hydrogen (secondary N) is 1. The Morgan fingerprint density at radius 2 is 2.04 bits per heavy atom. The SMILES string of the molecule is CI.Fc1cccc([C@@H](Sc2ccccc2Cl)[C@H]2CNCCO2)c1. The number of alkyl halides is 1. The molecular formula is C18H20ClFINOS. The third-order valence-electron chi connectivity index (χ3n) is 3.56. The van der Waals surface area contributed by atoms with E-state index in [4.69, 9.17) is 16.3 Å². The average Bonchev–Trinajstić information content (AvgIpc) is 2.63. The first-order valence-electron chi connectivity index (χ1n) is 7.61. The van der Waals surface area contributed by atoms with Gasteiger partial charge in [-0.15, -0.1) is 11.8 Å². The normalized spacial score (nSPS) is 18.4. The molecule has 0 amide bonds. The summed E-state index contributed by atoms with van der Waals surface area (Å²) in [5, 5.41) is 4.03. The van der Waals surface area contributed by atoms with Crippen LogP contribution in [0.25, 0.3) is 0 Å². The Kier molecular flexibility index (Phi) is 8.83. The number of rotatable bonds is 4. The van der Waals surface area contributed by atoms with Crippen LogP contribution >= 0.6 is 46.0 Å². The van der Waals surface area contributed by atoms with E-state index >= 15 is 0 Å². The van der Waals surface area contributed by atoms with Crippen LogP contribution in [0.3, 0.4) is 0 Å².